The molecule has 36 heavy (non-hydrogen) atoms. The molecule has 1 amide bonds. The van der Waals surface area contributed by atoms with Gasteiger partial charge in [0.1, 0.15) is 28.8 Å². The first-order valence-corrected chi connectivity index (χ1v) is 11.6. The van der Waals surface area contributed by atoms with Gasteiger partial charge in [0.05, 0.1) is 5.52 Å². The van der Waals surface area contributed by atoms with E-state index < -0.39 is 5.91 Å². The van der Waals surface area contributed by atoms with Crippen molar-refractivity contribution >= 4 is 22.9 Å². The summed E-state index contributed by atoms with van der Waals surface area (Å²) in [6.45, 7) is 0. The molecule has 1 saturated carbocycles. The van der Waals surface area contributed by atoms with Crippen LogP contribution in [0.15, 0.2) is 85.1 Å². The molecule has 0 atom stereocenters. The SMILES string of the molecule is O=C(Nc1ccc(F)cc1)c1cccc2c(-c3ccnc(NC4CC4)c3)c(-c3ccc(F)cc3)nn12. The fraction of sp³-hybridized carbons (Fsp3) is 0.107. The van der Waals surface area contributed by atoms with E-state index in [0.717, 1.165) is 29.8 Å². The molecule has 6 rings (SSSR count). The number of hydrogen-bond acceptors (Lipinski definition) is 4. The molecule has 0 spiro atoms. The molecule has 0 unspecified atom stereocenters. The van der Waals surface area contributed by atoms with E-state index in [4.69, 9.17) is 5.10 Å². The Morgan fingerprint density at radius 1 is 0.889 bits per heavy atom. The Morgan fingerprint density at radius 3 is 2.33 bits per heavy atom. The van der Waals surface area contributed by atoms with E-state index in [1.54, 1.807) is 35.0 Å². The first-order valence-electron chi connectivity index (χ1n) is 11.6. The number of hydrogen-bond donors (Lipinski definition) is 2. The van der Waals surface area contributed by atoms with Gasteiger partial charge < -0.3 is 10.6 Å². The zero-order chi connectivity index (χ0) is 24.6. The van der Waals surface area contributed by atoms with Crippen LogP contribution in [0.1, 0.15) is 23.3 Å². The van der Waals surface area contributed by atoms with Gasteiger partial charge in [-0.25, -0.2) is 18.3 Å². The number of pyridine rings is 2. The third-order valence-electron chi connectivity index (χ3n) is 6.09. The van der Waals surface area contributed by atoms with Crippen molar-refractivity contribution < 1.29 is 13.6 Å². The van der Waals surface area contributed by atoms with Crippen LogP contribution >= 0.6 is 0 Å². The quantitative estimate of drug-likeness (QED) is 0.304. The molecule has 5 aromatic rings. The summed E-state index contributed by atoms with van der Waals surface area (Å²) in [4.78, 5) is 17.6. The van der Waals surface area contributed by atoms with Crippen LogP contribution in [0.25, 0.3) is 27.9 Å². The van der Waals surface area contributed by atoms with Crippen molar-refractivity contribution in [3.05, 3.63) is 102 Å². The summed E-state index contributed by atoms with van der Waals surface area (Å²) in [6.07, 6.45) is 3.98. The molecule has 3 aromatic heterocycles. The second kappa shape index (κ2) is 8.88. The molecular formula is C28H21F2N5O. The fourth-order valence-corrected chi connectivity index (χ4v) is 4.17. The van der Waals surface area contributed by atoms with Crippen molar-refractivity contribution in [2.24, 2.45) is 0 Å². The number of benzene rings is 2. The summed E-state index contributed by atoms with van der Waals surface area (Å²) in [7, 11) is 0. The van der Waals surface area contributed by atoms with E-state index in [2.05, 4.69) is 15.6 Å². The average Bonchev–Trinajstić information content (AvgIpc) is 3.61. The van der Waals surface area contributed by atoms with E-state index in [1.165, 1.54) is 36.4 Å². The highest BCUT2D eigenvalue weighted by molar-refractivity contribution is 6.04. The van der Waals surface area contributed by atoms with Gasteiger partial charge in [-0.3, -0.25) is 4.79 Å². The summed E-state index contributed by atoms with van der Waals surface area (Å²) in [5.41, 5.74) is 4.49. The zero-order valence-electron chi connectivity index (χ0n) is 19.1. The van der Waals surface area contributed by atoms with Gasteiger partial charge >= 0.3 is 0 Å². The number of nitrogens with zero attached hydrogens (tertiary/aromatic N) is 3. The number of nitrogens with one attached hydrogen (secondary N) is 2. The largest absolute Gasteiger partial charge is 0.367 e. The Morgan fingerprint density at radius 2 is 1.61 bits per heavy atom. The highest BCUT2D eigenvalue weighted by Crippen LogP contribution is 2.37. The van der Waals surface area contributed by atoms with Crippen LogP contribution in [0.3, 0.4) is 0 Å². The van der Waals surface area contributed by atoms with Gasteiger partial charge in [0, 0.05) is 29.1 Å². The summed E-state index contributed by atoms with van der Waals surface area (Å²) in [5.74, 6) is -0.353. The molecule has 3 heterocycles. The summed E-state index contributed by atoms with van der Waals surface area (Å²) < 4.78 is 28.6. The van der Waals surface area contributed by atoms with Crippen LogP contribution in [0.5, 0.6) is 0 Å². The molecule has 6 nitrogen and oxygen atoms in total. The number of fused-ring (bicyclic) bond motifs is 1. The highest BCUT2D eigenvalue weighted by atomic mass is 19.1. The van der Waals surface area contributed by atoms with Gasteiger partial charge in [-0.15, -0.1) is 0 Å². The second-order valence-electron chi connectivity index (χ2n) is 8.75. The van der Waals surface area contributed by atoms with Crippen LogP contribution in [0.2, 0.25) is 0 Å². The van der Waals surface area contributed by atoms with Crippen molar-refractivity contribution in [1.82, 2.24) is 14.6 Å². The Kier molecular flexibility index (Phi) is 5.41. The van der Waals surface area contributed by atoms with Crippen molar-refractivity contribution in [1.29, 1.82) is 0 Å². The molecular weight excluding hydrogens is 460 g/mol. The first-order chi connectivity index (χ1) is 17.5. The molecule has 8 heteroatoms. The first kappa shape index (κ1) is 21.9. The topological polar surface area (TPSA) is 71.3 Å². The highest BCUT2D eigenvalue weighted by Gasteiger charge is 2.23. The third kappa shape index (κ3) is 4.29. The molecule has 0 bridgehead atoms. The Labute approximate surface area is 205 Å². The minimum atomic E-state index is -0.391. The van der Waals surface area contributed by atoms with Gasteiger partial charge in [0.25, 0.3) is 5.91 Å². The number of rotatable bonds is 6. The minimum absolute atomic E-state index is 0.303. The number of anilines is 2. The molecule has 1 aliphatic carbocycles. The summed E-state index contributed by atoms with van der Waals surface area (Å²) in [5, 5.41) is 11.0. The van der Waals surface area contributed by atoms with Gasteiger partial charge in [-0.1, -0.05) is 6.07 Å². The maximum absolute atomic E-state index is 13.7. The Balaban J connectivity index is 1.49. The normalized spacial score (nSPS) is 13.1. The van der Waals surface area contributed by atoms with Crippen LogP contribution in [0.4, 0.5) is 20.3 Å². The molecule has 2 N–H and O–H groups in total. The summed E-state index contributed by atoms with van der Waals surface area (Å²) in [6, 6.07) is 21.3. The maximum Gasteiger partial charge on any atom is 0.274 e. The van der Waals surface area contributed by atoms with Gasteiger partial charge in [-0.2, -0.15) is 5.10 Å². The molecule has 0 aliphatic heterocycles. The zero-order valence-corrected chi connectivity index (χ0v) is 19.1. The Hall–Kier alpha value is -4.59. The molecule has 0 saturated heterocycles. The number of halogens is 2. The molecule has 1 aliphatic rings. The molecule has 1 fully saturated rings. The van der Waals surface area contributed by atoms with E-state index in [-0.39, 0.29) is 11.6 Å². The molecule has 0 radical (unpaired) electrons. The minimum Gasteiger partial charge on any atom is -0.367 e. The van der Waals surface area contributed by atoms with E-state index in [0.29, 0.717) is 34.2 Å². The number of amides is 1. The predicted molar refractivity (Wildman–Crippen MR) is 135 cm³/mol. The second-order valence-corrected chi connectivity index (χ2v) is 8.75. The predicted octanol–water partition coefficient (Wildman–Crippen LogP) is 6.17. The molecule has 2 aromatic carbocycles. The van der Waals surface area contributed by atoms with Crippen molar-refractivity contribution in [2.75, 3.05) is 10.6 Å². The summed E-state index contributed by atoms with van der Waals surface area (Å²) >= 11 is 0. The van der Waals surface area contributed by atoms with Gasteiger partial charge in [0.15, 0.2) is 0 Å². The van der Waals surface area contributed by atoms with E-state index >= 15 is 0 Å². The third-order valence-corrected chi connectivity index (χ3v) is 6.09. The van der Waals surface area contributed by atoms with Gasteiger partial charge in [0.2, 0.25) is 0 Å². The monoisotopic (exact) mass is 481 g/mol. The van der Waals surface area contributed by atoms with E-state index in [9.17, 15) is 13.6 Å². The fourth-order valence-electron chi connectivity index (χ4n) is 4.17. The molecule has 178 valence electrons. The smallest absolute Gasteiger partial charge is 0.274 e. The van der Waals surface area contributed by atoms with Crippen LogP contribution in [-0.4, -0.2) is 26.5 Å². The lowest BCUT2D eigenvalue weighted by Crippen LogP contribution is -2.16. The lowest BCUT2D eigenvalue weighted by Gasteiger charge is -2.09. The average molecular weight is 482 g/mol. The maximum atomic E-state index is 13.7. The number of carbonyl (C=O) groups excluding carboxylic acids is 1. The van der Waals surface area contributed by atoms with Gasteiger partial charge in [-0.05, 0) is 91.2 Å². The van der Waals surface area contributed by atoms with E-state index in [1.807, 2.05) is 18.2 Å². The lowest BCUT2D eigenvalue weighted by molar-refractivity contribution is 0.102. The van der Waals surface area contributed by atoms with Crippen LogP contribution in [-0.2, 0) is 0 Å². The van der Waals surface area contributed by atoms with Crippen LogP contribution in [0, 0.1) is 11.6 Å². The van der Waals surface area contributed by atoms with Crippen molar-refractivity contribution in [3.63, 3.8) is 0 Å². The Bertz CT molecular complexity index is 1570. The number of carbonyl (C=O) groups is 1. The van der Waals surface area contributed by atoms with Crippen LogP contribution < -0.4 is 10.6 Å². The number of aromatic nitrogens is 3. The lowest BCUT2D eigenvalue weighted by atomic mass is 10.0. The van der Waals surface area contributed by atoms with Crippen molar-refractivity contribution in [2.45, 2.75) is 18.9 Å². The van der Waals surface area contributed by atoms with Crippen molar-refractivity contribution in [3.8, 4) is 22.4 Å². The standard InChI is InChI=1S/C28H21F2N5O/c29-19-6-4-17(5-7-19)27-26(18-14-15-31-25(16-18)32-21-12-13-21)23-2-1-3-24(35(23)34-27)28(36)33-22-10-8-20(30)9-11-22/h1-11,14-16,21H,12-13H2,(H,31,32)(H,33,36).